The fraction of sp³-hybridized carbons (Fsp3) is 0.444. The van der Waals surface area contributed by atoms with Crippen molar-refractivity contribution in [2.45, 2.75) is 46.0 Å². The van der Waals surface area contributed by atoms with E-state index in [1.807, 2.05) is 0 Å². The van der Waals surface area contributed by atoms with Crippen molar-refractivity contribution in [1.29, 1.82) is 0 Å². The number of halogens is 4. The molecule has 0 N–H and O–H groups in total. The van der Waals surface area contributed by atoms with E-state index in [9.17, 15) is 0 Å². The molecule has 0 aliphatic rings. The summed E-state index contributed by atoms with van der Waals surface area (Å²) in [4.78, 5) is 0. The lowest BCUT2D eigenvalue weighted by molar-refractivity contribution is 0.760. The highest BCUT2D eigenvalue weighted by atomic mass is 79.9. The van der Waals surface area contributed by atoms with E-state index >= 15 is 0 Å². The predicted molar refractivity (Wildman–Crippen MR) is 113 cm³/mol. The van der Waals surface area contributed by atoms with Crippen molar-refractivity contribution in [3.05, 3.63) is 47.5 Å². The minimum atomic E-state index is 0.418. The molecular weight excluding hydrogens is 536 g/mol. The molecule has 0 aliphatic heterocycles. The summed E-state index contributed by atoms with van der Waals surface area (Å²) in [6, 6.07) is 13.4. The molecular formula is C18H20Br4. The van der Waals surface area contributed by atoms with Crippen LogP contribution in [0.2, 0.25) is 0 Å². The molecule has 0 saturated carbocycles. The molecule has 0 amide bonds. The largest absolute Gasteiger partial charge is 0.0765 e. The normalized spacial score (nSPS) is 11.7. The van der Waals surface area contributed by atoms with Crippen molar-refractivity contribution in [3.8, 4) is 0 Å². The van der Waals surface area contributed by atoms with Gasteiger partial charge in [-0.1, -0.05) is 100 Å². The summed E-state index contributed by atoms with van der Waals surface area (Å²) >= 11 is 14.3. The van der Waals surface area contributed by atoms with Gasteiger partial charge in [0.15, 0.2) is 0 Å². The van der Waals surface area contributed by atoms with Gasteiger partial charge in [0.05, 0.1) is 7.47 Å². The Morgan fingerprint density at radius 2 is 1.36 bits per heavy atom. The highest BCUT2D eigenvalue weighted by Gasteiger charge is 2.09. The first kappa shape index (κ1) is 19.0. The lowest BCUT2D eigenvalue weighted by atomic mass is 9.92. The summed E-state index contributed by atoms with van der Waals surface area (Å²) in [6.45, 7) is 0. The van der Waals surface area contributed by atoms with E-state index in [0.29, 0.717) is 7.47 Å². The Morgan fingerprint density at radius 3 is 2.05 bits per heavy atom. The topological polar surface area (TPSA) is 0 Å². The summed E-state index contributed by atoms with van der Waals surface area (Å²) in [6.07, 6.45) is 6.99. The van der Waals surface area contributed by atoms with Crippen molar-refractivity contribution < 1.29 is 0 Å². The SMILES string of the molecule is BrC(Br)CCCc1ccc2ccccc2c1CCCC(Br)Br. The Bertz CT molecular complexity index is 593. The average Bonchev–Trinajstić information content (AvgIpc) is 2.48. The maximum atomic E-state index is 3.58. The summed E-state index contributed by atoms with van der Waals surface area (Å²) in [7, 11) is 0. The lowest BCUT2D eigenvalue weighted by Gasteiger charge is -2.14. The predicted octanol–water partition coefficient (Wildman–Crippen LogP) is 7.72. The van der Waals surface area contributed by atoms with Crippen LogP contribution in [-0.4, -0.2) is 7.47 Å². The van der Waals surface area contributed by atoms with Crippen LogP contribution in [0.1, 0.15) is 36.8 Å². The molecule has 4 heteroatoms. The minimum Gasteiger partial charge on any atom is -0.0765 e. The van der Waals surface area contributed by atoms with Gasteiger partial charge in [-0.15, -0.1) is 0 Å². The maximum absolute atomic E-state index is 3.58. The van der Waals surface area contributed by atoms with Gasteiger partial charge in [0, 0.05) is 0 Å². The van der Waals surface area contributed by atoms with Crippen molar-refractivity contribution >= 4 is 74.5 Å². The number of benzene rings is 2. The molecule has 0 atom stereocenters. The molecule has 120 valence electrons. The van der Waals surface area contributed by atoms with Gasteiger partial charge in [0.1, 0.15) is 0 Å². The maximum Gasteiger partial charge on any atom is 0.0698 e. The molecule has 22 heavy (non-hydrogen) atoms. The summed E-state index contributed by atoms with van der Waals surface area (Å²) in [5.41, 5.74) is 3.06. The molecule has 0 saturated heterocycles. The molecule has 0 aromatic heterocycles. The van der Waals surface area contributed by atoms with Crippen molar-refractivity contribution in [2.24, 2.45) is 0 Å². The summed E-state index contributed by atoms with van der Waals surface area (Å²) in [5.74, 6) is 0. The number of aryl methyl sites for hydroxylation is 2. The van der Waals surface area contributed by atoms with E-state index in [1.165, 1.54) is 29.2 Å². The molecule has 2 aromatic rings. The first-order valence-electron chi connectivity index (χ1n) is 7.63. The van der Waals surface area contributed by atoms with Gasteiger partial charge in [-0.2, -0.15) is 0 Å². The van der Waals surface area contributed by atoms with Gasteiger partial charge in [0.25, 0.3) is 0 Å². The summed E-state index contributed by atoms with van der Waals surface area (Å²) < 4.78 is 0.840. The molecule has 0 radical (unpaired) electrons. The fourth-order valence-corrected chi connectivity index (χ4v) is 4.09. The average molecular weight is 556 g/mol. The standard InChI is InChI=1S/C18H20Br4/c19-17(20)9-3-6-14-12-11-13-5-1-2-7-15(13)16(14)8-4-10-18(21)22/h1-2,5,7,11-12,17-18H,3-4,6,8-10H2. The molecule has 0 unspecified atom stereocenters. The van der Waals surface area contributed by atoms with Gasteiger partial charge >= 0.3 is 0 Å². The number of hydrogen-bond acceptors (Lipinski definition) is 0. The number of fused-ring (bicyclic) bond motifs is 1. The highest BCUT2D eigenvalue weighted by Crippen LogP contribution is 2.27. The monoisotopic (exact) mass is 552 g/mol. The first-order valence-corrected chi connectivity index (χ1v) is 11.3. The third kappa shape index (κ3) is 5.92. The van der Waals surface area contributed by atoms with Crippen LogP contribution in [0.3, 0.4) is 0 Å². The molecule has 0 spiro atoms. The van der Waals surface area contributed by atoms with Gasteiger partial charge in [-0.05, 0) is 60.4 Å². The van der Waals surface area contributed by atoms with Crippen molar-refractivity contribution in [3.63, 3.8) is 0 Å². The Kier molecular flexibility index (Phi) is 8.45. The second-order valence-corrected chi connectivity index (χ2v) is 12.4. The second kappa shape index (κ2) is 9.80. The first-order chi connectivity index (χ1) is 10.6. The fourth-order valence-electron chi connectivity index (χ4n) is 2.79. The van der Waals surface area contributed by atoms with Gasteiger partial charge < -0.3 is 0 Å². The van der Waals surface area contributed by atoms with E-state index < -0.39 is 0 Å². The van der Waals surface area contributed by atoms with E-state index in [0.717, 1.165) is 25.7 Å². The van der Waals surface area contributed by atoms with Crippen LogP contribution in [0.4, 0.5) is 0 Å². The zero-order valence-corrected chi connectivity index (χ0v) is 18.7. The third-order valence-corrected chi connectivity index (χ3v) is 5.69. The lowest BCUT2D eigenvalue weighted by Crippen LogP contribution is -1.99. The van der Waals surface area contributed by atoms with E-state index in [2.05, 4.69) is 100 Å². The summed E-state index contributed by atoms with van der Waals surface area (Å²) in [5, 5.41) is 2.78. The van der Waals surface area contributed by atoms with Crippen LogP contribution in [0.15, 0.2) is 36.4 Å². The minimum absolute atomic E-state index is 0.418. The molecule has 0 bridgehead atoms. The van der Waals surface area contributed by atoms with Crippen molar-refractivity contribution in [1.82, 2.24) is 0 Å². The number of rotatable bonds is 8. The third-order valence-electron chi connectivity index (χ3n) is 3.86. The van der Waals surface area contributed by atoms with Crippen LogP contribution in [-0.2, 0) is 12.8 Å². The molecule has 0 nitrogen and oxygen atoms in total. The Labute approximate surface area is 167 Å². The van der Waals surface area contributed by atoms with Gasteiger partial charge in [0.2, 0.25) is 0 Å². The van der Waals surface area contributed by atoms with Crippen LogP contribution >= 0.6 is 63.7 Å². The van der Waals surface area contributed by atoms with E-state index in [-0.39, 0.29) is 0 Å². The zero-order chi connectivity index (χ0) is 15.9. The van der Waals surface area contributed by atoms with Crippen LogP contribution in [0, 0.1) is 0 Å². The van der Waals surface area contributed by atoms with Crippen LogP contribution in [0.5, 0.6) is 0 Å². The van der Waals surface area contributed by atoms with Crippen molar-refractivity contribution in [2.75, 3.05) is 0 Å². The Balaban J connectivity index is 2.21. The van der Waals surface area contributed by atoms with E-state index in [4.69, 9.17) is 0 Å². The number of alkyl halides is 4. The Hall–Kier alpha value is 0.620. The van der Waals surface area contributed by atoms with Gasteiger partial charge in [-0.3, -0.25) is 0 Å². The van der Waals surface area contributed by atoms with Crippen LogP contribution < -0.4 is 0 Å². The zero-order valence-electron chi connectivity index (χ0n) is 12.4. The molecule has 0 heterocycles. The number of hydrogen-bond donors (Lipinski definition) is 0. The van der Waals surface area contributed by atoms with Gasteiger partial charge in [-0.25, -0.2) is 0 Å². The highest BCUT2D eigenvalue weighted by molar-refractivity contribution is 9.25. The smallest absolute Gasteiger partial charge is 0.0698 e. The second-order valence-electron chi connectivity index (χ2n) is 5.49. The van der Waals surface area contributed by atoms with E-state index in [1.54, 1.807) is 5.56 Å². The quantitative estimate of drug-likeness (QED) is 0.293. The van der Waals surface area contributed by atoms with Crippen LogP contribution in [0.25, 0.3) is 10.8 Å². The Morgan fingerprint density at radius 1 is 0.727 bits per heavy atom. The molecule has 0 aliphatic carbocycles. The molecule has 2 aromatic carbocycles. The molecule has 0 fully saturated rings. The molecule has 2 rings (SSSR count).